The van der Waals surface area contributed by atoms with E-state index in [0.29, 0.717) is 65.2 Å². The molecular formula is C31H36ClF3N4O2. The number of hydrogen-bond donors (Lipinski definition) is 1. The van der Waals surface area contributed by atoms with E-state index >= 15 is 8.78 Å². The second-order valence-corrected chi connectivity index (χ2v) is 14.0. The molecule has 3 saturated heterocycles. The van der Waals surface area contributed by atoms with Crippen molar-refractivity contribution in [3.8, 4) is 11.8 Å². The zero-order valence-corrected chi connectivity index (χ0v) is 23.9. The molecule has 10 heteroatoms. The molecule has 1 saturated carbocycles. The highest BCUT2D eigenvalue weighted by Gasteiger charge is 2.63. The van der Waals surface area contributed by atoms with Crippen molar-refractivity contribution in [2.75, 3.05) is 37.7 Å². The van der Waals surface area contributed by atoms with Crippen LogP contribution in [-0.4, -0.2) is 64.5 Å². The number of fused-ring (bicyclic) bond motifs is 6. The Morgan fingerprint density at radius 2 is 1.78 bits per heavy atom. The monoisotopic (exact) mass is 588 g/mol. The van der Waals surface area contributed by atoms with Crippen molar-refractivity contribution in [1.29, 1.82) is 0 Å². The third-order valence-electron chi connectivity index (χ3n) is 11.3. The van der Waals surface area contributed by atoms with Crippen molar-refractivity contribution < 1.29 is 23.0 Å². The summed E-state index contributed by atoms with van der Waals surface area (Å²) in [5, 5.41) is 10.7. The summed E-state index contributed by atoms with van der Waals surface area (Å²) in [6.07, 6.45) is 6.11. The first kappa shape index (κ1) is 26.4. The van der Waals surface area contributed by atoms with E-state index in [1.165, 1.54) is 31.4 Å². The van der Waals surface area contributed by atoms with Crippen LogP contribution < -0.4 is 9.64 Å². The maximum atomic E-state index is 17.1. The molecule has 0 amide bonds. The molecular weight excluding hydrogens is 553 g/mol. The van der Waals surface area contributed by atoms with Gasteiger partial charge < -0.3 is 14.7 Å². The molecule has 3 aliphatic heterocycles. The Balaban J connectivity index is 1.21. The Hall–Kier alpha value is -2.26. The molecule has 3 aliphatic carbocycles. The Morgan fingerprint density at radius 3 is 2.56 bits per heavy atom. The Labute approximate surface area is 243 Å². The van der Waals surface area contributed by atoms with Gasteiger partial charge >= 0.3 is 6.01 Å². The van der Waals surface area contributed by atoms with Gasteiger partial charge in [0, 0.05) is 36.6 Å². The smallest absolute Gasteiger partial charge is 0.318 e. The molecule has 1 aromatic carbocycles. The van der Waals surface area contributed by atoms with Crippen LogP contribution in [0.3, 0.4) is 0 Å². The number of hydrogen-bond acceptors (Lipinski definition) is 6. The second kappa shape index (κ2) is 9.12. The van der Waals surface area contributed by atoms with Gasteiger partial charge in [0.2, 0.25) is 0 Å². The summed E-state index contributed by atoms with van der Waals surface area (Å²) in [6.45, 7) is 3.03. The first-order valence-corrected chi connectivity index (χ1v) is 15.6. The van der Waals surface area contributed by atoms with E-state index in [1.807, 2.05) is 0 Å². The number of nitrogens with zero attached hydrogens (tertiary/aromatic N) is 4. The largest absolute Gasteiger partial charge is 0.508 e. The molecule has 5 atom stereocenters. The fourth-order valence-corrected chi connectivity index (χ4v) is 9.69. The minimum atomic E-state index is -3.32. The summed E-state index contributed by atoms with van der Waals surface area (Å²) in [7, 11) is 0. The number of aromatic hydroxyl groups is 1. The zero-order valence-electron chi connectivity index (χ0n) is 23.1. The van der Waals surface area contributed by atoms with Gasteiger partial charge in [0.05, 0.1) is 11.0 Å². The summed E-state index contributed by atoms with van der Waals surface area (Å²) in [4.78, 5) is 13.7. The van der Waals surface area contributed by atoms with E-state index in [9.17, 15) is 9.50 Å². The average molecular weight is 589 g/mol. The van der Waals surface area contributed by atoms with Crippen LogP contribution in [0.25, 0.3) is 0 Å². The number of phenolic OH excluding ortho intramolecular Hbond substituents is 1. The van der Waals surface area contributed by atoms with Crippen LogP contribution in [0.2, 0.25) is 5.02 Å². The Kier molecular flexibility index (Phi) is 5.87. The molecule has 2 aromatic rings. The highest BCUT2D eigenvalue weighted by molar-refractivity contribution is 6.31. The Morgan fingerprint density at radius 1 is 1.02 bits per heavy atom. The maximum Gasteiger partial charge on any atom is 0.318 e. The van der Waals surface area contributed by atoms with Crippen molar-refractivity contribution in [2.24, 2.45) is 11.8 Å². The molecule has 1 aromatic heterocycles. The summed E-state index contributed by atoms with van der Waals surface area (Å²) >= 11 is 6.43. The standard InChI is InChI=1S/C31H36ClF3N4O2/c32-25-12-21(40)11-24-22(25)4-7-30(24)8-5-23-26(31(30,34)35)36-28(37-27(23)38-14-18-2-3-19(10-18)15-38)41-17-29-6-1-9-39(29)16-20(33)13-29/h11-12,18-20,40H,1-10,13-17H2/t18?,19?,20-,29+,30-/m1/s1. The van der Waals surface area contributed by atoms with Gasteiger partial charge in [-0.05, 0) is 99.4 Å². The van der Waals surface area contributed by atoms with E-state index in [2.05, 4.69) is 14.8 Å². The lowest BCUT2D eigenvalue weighted by Crippen LogP contribution is -2.48. The van der Waals surface area contributed by atoms with E-state index in [-0.39, 0.29) is 36.9 Å². The van der Waals surface area contributed by atoms with E-state index in [1.54, 1.807) is 0 Å². The number of halogens is 4. The summed E-state index contributed by atoms with van der Waals surface area (Å²) in [5.41, 5.74) is -0.560. The SMILES string of the molecule is Oc1cc(Cl)c2c(c1)[C@@]1(CC2)CCc2c(N3CC4CCC(C4)C3)nc(OC[C@@]34CCCN3C[C@H](F)C4)nc2C1(F)F. The van der Waals surface area contributed by atoms with Gasteiger partial charge in [0.1, 0.15) is 30.0 Å². The topological polar surface area (TPSA) is 61.7 Å². The van der Waals surface area contributed by atoms with Gasteiger partial charge in [0.25, 0.3) is 5.92 Å². The van der Waals surface area contributed by atoms with Crippen molar-refractivity contribution in [1.82, 2.24) is 14.9 Å². The molecule has 2 bridgehead atoms. The van der Waals surface area contributed by atoms with Crippen LogP contribution in [0.15, 0.2) is 12.1 Å². The number of ether oxygens (including phenoxy) is 1. The van der Waals surface area contributed by atoms with Crippen molar-refractivity contribution in [2.45, 2.75) is 87.3 Å². The fraction of sp³-hybridized carbons (Fsp3) is 0.677. The van der Waals surface area contributed by atoms with E-state index in [0.717, 1.165) is 32.5 Å². The average Bonchev–Trinajstić information content (AvgIpc) is 3.67. The summed E-state index contributed by atoms with van der Waals surface area (Å²) in [5.74, 6) is -1.73. The predicted octanol–water partition coefficient (Wildman–Crippen LogP) is 5.95. The molecule has 41 heavy (non-hydrogen) atoms. The summed E-state index contributed by atoms with van der Waals surface area (Å²) < 4.78 is 54.7. The lowest BCUT2D eigenvalue weighted by molar-refractivity contribution is -0.102. The zero-order chi connectivity index (χ0) is 28.1. The summed E-state index contributed by atoms with van der Waals surface area (Å²) in [6, 6.07) is 2.86. The van der Waals surface area contributed by atoms with Crippen LogP contribution in [-0.2, 0) is 24.2 Å². The number of phenols is 1. The predicted molar refractivity (Wildman–Crippen MR) is 149 cm³/mol. The van der Waals surface area contributed by atoms with E-state index in [4.69, 9.17) is 21.3 Å². The van der Waals surface area contributed by atoms with Crippen LogP contribution in [0.1, 0.15) is 73.8 Å². The van der Waals surface area contributed by atoms with Crippen molar-refractivity contribution >= 4 is 17.4 Å². The number of alkyl halides is 3. The van der Waals surface area contributed by atoms with E-state index < -0.39 is 23.0 Å². The first-order valence-electron chi connectivity index (χ1n) is 15.3. The van der Waals surface area contributed by atoms with Gasteiger partial charge in [-0.1, -0.05) is 11.6 Å². The molecule has 1 N–H and O–H groups in total. The maximum absolute atomic E-state index is 17.1. The van der Waals surface area contributed by atoms with Gasteiger partial charge in [-0.2, -0.15) is 18.7 Å². The molecule has 6 nitrogen and oxygen atoms in total. The van der Waals surface area contributed by atoms with Crippen LogP contribution >= 0.6 is 11.6 Å². The van der Waals surface area contributed by atoms with Crippen molar-refractivity contribution in [3.05, 3.63) is 39.5 Å². The number of rotatable bonds is 4. The van der Waals surface area contributed by atoms with Gasteiger partial charge in [0.15, 0.2) is 0 Å². The third-order valence-corrected chi connectivity index (χ3v) is 11.6. The number of benzene rings is 1. The molecule has 6 aliphatic rings. The minimum Gasteiger partial charge on any atom is -0.508 e. The lowest BCUT2D eigenvalue weighted by atomic mass is 9.66. The Bertz CT molecular complexity index is 1400. The van der Waals surface area contributed by atoms with Gasteiger partial charge in [-0.15, -0.1) is 0 Å². The van der Waals surface area contributed by atoms with Crippen molar-refractivity contribution in [3.63, 3.8) is 0 Å². The highest BCUT2D eigenvalue weighted by atomic mass is 35.5. The normalized spacial score (nSPS) is 35.1. The molecule has 1 spiro atoms. The van der Waals surface area contributed by atoms with Crippen LogP contribution in [0.4, 0.5) is 19.0 Å². The fourth-order valence-electron chi connectivity index (χ4n) is 9.38. The highest BCUT2D eigenvalue weighted by Crippen LogP contribution is 2.61. The number of piperidine rings is 1. The van der Waals surface area contributed by atoms with Gasteiger partial charge in [-0.3, -0.25) is 4.90 Å². The first-order chi connectivity index (χ1) is 19.7. The van der Waals surface area contributed by atoms with Crippen LogP contribution in [0.5, 0.6) is 11.8 Å². The third kappa shape index (κ3) is 3.86. The second-order valence-electron chi connectivity index (χ2n) is 13.6. The quantitative estimate of drug-likeness (QED) is 0.476. The number of anilines is 1. The molecule has 8 rings (SSSR count). The molecule has 220 valence electrons. The van der Waals surface area contributed by atoms with Crippen LogP contribution in [0, 0.1) is 11.8 Å². The molecule has 4 heterocycles. The number of aromatic nitrogens is 2. The molecule has 0 radical (unpaired) electrons. The van der Waals surface area contributed by atoms with Gasteiger partial charge in [-0.25, -0.2) is 4.39 Å². The minimum absolute atomic E-state index is 0.0379. The molecule has 2 unspecified atom stereocenters. The molecule has 4 fully saturated rings. The lowest BCUT2D eigenvalue weighted by Gasteiger charge is -2.44.